The smallest absolute Gasteiger partial charge is 0.325 e. The van der Waals surface area contributed by atoms with Crippen molar-refractivity contribution >= 4 is 12.0 Å². The Labute approximate surface area is 81.7 Å². The van der Waals surface area contributed by atoms with Gasteiger partial charge in [-0.05, 0) is 5.56 Å². The van der Waals surface area contributed by atoms with E-state index in [2.05, 4.69) is 4.79 Å². The van der Waals surface area contributed by atoms with Gasteiger partial charge in [0, 0.05) is 0 Å². The summed E-state index contributed by atoms with van der Waals surface area (Å²) in [6.45, 7) is 0.310. The second kappa shape index (κ2) is 5.80. The van der Waals surface area contributed by atoms with Crippen molar-refractivity contribution in [3.63, 3.8) is 0 Å². The van der Waals surface area contributed by atoms with Gasteiger partial charge in [0.05, 0.1) is 6.61 Å². The van der Waals surface area contributed by atoms with Crippen LogP contribution in [0.1, 0.15) is 5.56 Å². The maximum absolute atomic E-state index is 10.8. The molecule has 0 spiro atoms. The molecular formula is C10H10N2O2. The molecule has 0 aliphatic rings. The SMILES string of the molecule is [N-]=[N+]=CC(=O)COCc1ccccc1. The van der Waals surface area contributed by atoms with E-state index in [9.17, 15) is 4.79 Å². The Balaban J connectivity index is 2.29. The summed E-state index contributed by atoms with van der Waals surface area (Å²) in [5.74, 6) is -0.358. The number of ether oxygens (including phenoxy) is 1. The molecule has 4 nitrogen and oxygen atoms in total. The van der Waals surface area contributed by atoms with Gasteiger partial charge < -0.3 is 10.3 Å². The molecule has 1 rings (SSSR count). The highest BCUT2D eigenvalue weighted by molar-refractivity contribution is 6.25. The second-order valence-corrected chi connectivity index (χ2v) is 2.69. The molecule has 0 saturated carbocycles. The van der Waals surface area contributed by atoms with Crippen LogP contribution in [0.3, 0.4) is 0 Å². The Morgan fingerprint density at radius 1 is 1.43 bits per heavy atom. The van der Waals surface area contributed by atoms with Gasteiger partial charge in [-0.3, -0.25) is 4.79 Å². The molecule has 0 aliphatic heterocycles. The number of ketones is 1. The Bertz CT molecular complexity index is 342. The Kier molecular flexibility index (Phi) is 4.27. The zero-order chi connectivity index (χ0) is 10.2. The summed E-state index contributed by atoms with van der Waals surface area (Å²) in [7, 11) is 0. The van der Waals surface area contributed by atoms with Crippen LogP contribution in [0.25, 0.3) is 5.53 Å². The van der Waals surface area contributed by atoms with Crippen molar-refractivity contribution in [2.45, 2.75) is 6.61 Å². The zero-order valence-electron chi connectivity index (χ0n) is 7.59. The lowest BCUT2D eigenvalue weighted by atomic mass is 10.2. The Morgan fingerprint density at radius 2 is 2.14 bits per heavy atom. The molecule has 1 aromatic carbocycles. The summed E-state index contributed by atoms with van der Waals surface area (Å²) in [5.41, 5.74) is 9.05. The van der Waals surface area contributed by atoms with Gasteiger partial charge in [-0.2, -0.15) is 4.79 Å². The molecule has 0 heterocycles. The van der Waals surface area contributed by atoms with E-state index >= 15 is 0 Å². The maximum atomic E-state index is 10.8. The van der Waals surface area contributed by atoms with Crippen LogP contribution < -0.4 is 0 Å². The normalized spacial score (nSPS) is 9.14. The maximum Gasteiger partial charge on any atom is 0.325 e. The predicted octanol–water partition coefficient (Wildman–Crippen LogP) is 1.07. The Hall–Kier alpha value is -1.77. The topological polar surface area (TPSA) is 62.7 Å². The number of benzene rings is 1. The van der Waals surface area contributed by atoms with Crippen molar-refractivity contribution in [3.05, 3.63) is 41.4 Å². The first-order chi connectivity index (χ1) is 6.83. The average Bonchev–Trinajstić information content (AvgIpc) is 2.20. The number of nitrogens with zero attached hydrogens (tertiary/aromatic N) is 2. The lowest BCUT2D eigenvalue weighted by Crippen LogP contribution is -2.09. The van der Waals surface area contributed by atoms with Crippen LogP contribution in [0, 0.1) is 0 Å². The molecule has 0 N–H and O–H groups in total. The van der Waals surface area contributed by atoms with Gasteiger partial charge >= 0.3 is 6.21 Å². The molecule has 14 heavy (non-hydrogen) atoms. The molecule has 0 aliphatic carbocycles. The van der Waals surface area contributed by atoms with Gasteiger partial charge in [0.15, 0.2) is 0 Å². The third kappa shape index (κ3) is 3.76. The van der Waals surface area contributed by atoms with E-state index in [4.69, 9.17) is 10.3 Å². The van der Waals surface area contributed by atoms with Crippen LogP contribution in [0.5, 0.6) is 0 Å². The highest BCUT2D eigenvalue weighted by Crippen LogP contribution is 1.99. The lowest BCUT2D eigenvalue weighted by molar-refractivity contribution is -0.120. The van der Waals surface area contributed by atoms with E-state index in [1.807, 2.05) is 30.3 Å². The van der Waals surface area contributed by atoms with E-state index in [-0.39, 0.29) is 12.4 Å². The van der Waals surface area contributed by atoms with Crippen molar-refractivity contribution in [1.82, 2.24) is 0 Å². The summed E-state index contributed by atoms with van der Waals surface area (Å²) in [5, 5.41) is 0. The molecule has 0 aromatic heterocycles. The van der Waals surface area contributed by atoms with Crippen molar-refractivity contribution in [2.75, 3.05) is 6.61 Å². The van der Waals surface area contributed by atoms with Crippen molar-refractivity contribution < 1.29 is 14.3 Å². The van der Waals surface area contributed by atoms with Crippen LogP contribution in [-0.4, -0.2) is 23.4 Å². The van der Waals surface area contributed by atoms with Crippen LogP contribution in [0.4, 0.5) is 0 Å². The predicted molar refractivity (Wildman–Crippen MR) is 50.8 cm³/mol. The van der Waals surface area contributed by atoms with Crippen LogP contribution in [0.2, 0.25) is 0 Å². The van der Waals surface area contributed by atoms with Crippen LogP contribution >= 0.6 is 0 Å². The van der Waals surface area contributed by atoms with E-state index < -0.39 is 0 Å². The van der Waals surface area contributed by atoms with E-state index in [0.29, 0.717) is 6.61 Å². The lowest BCUT2D eigenvalue weighted by Gasteiger charge is -1.99. The highest BCUT2D eigenvalue weighted by Gasteiger charge is 2.01. The third-order valence-electron chi connectivity index (χ3n) is 1.56. The zero-order valence-corrected chi connectivity index (χ0v) is 7.59. The van der Waals surface area contributed by atoms with E-state index in [0.717, 1.165) is 11.8 Å². The number of carbonyl (C=O) groups is 1. The van der Waals surface area contributed by atoms with Crippen LogP contribution in [-0.2, 0) is 16.1 Å². The fourth-order valence-electron chi connectivity index (χ4n) is 0.945. The number of hydrogen-bond acceptors (Lipinski definition) is 2. The van der Waals surface area contributed by atoms with Gasteiger partial charge in [0.25, 0.3) is 5.78 Å². The third-order valence-corrected chi connectivity index (χ3v) is 1.56. The first kappa shape index (κ1) is 10.3. The average molecular weight is 190 g/mol. The van der Waals surface area contributed by atoms with Crippen LogP contribution in [0.15, 0.2) is 30.3 Å². The van der Waals surface area contributed by atoms with Gasteiger partial charge in [-0.15, -0.1) is 0 Å². The number of carbonyl (C=O) groups excluding carboxylic acids is 1. The second-order valence-electron chi connectivity index (χ2n) is 2.69. The van der Waals surface area contributed by atoms with Gasteiger partial charge in [0.2, 0.25) is 0 Å². The Morgan fingerprint density at radius 3 is 2.79 bits per heavy atom. The standard InChI is InChI=1S/C10H10N2O2/c11-12-6-10(13)8-14-7-9-4-2-1-3-5-9/h1-6H,7-8H2. The summed E-state index contributed by atoms with van der Waals surface area (Å²) in [6, 6.07) is 9.52. The summed E-state index contributed by atoms with van der Waals surface area (Å²) in [6.07, 6.45) is 0.824. The number of hydrogen-bond donors (Lipinski definition) is 0. The highest BCUT2D eigenvalue weighted by atomic mass is 16.5. The molecule has 0 amide bonds. The van der Waals surface area contributed by atoms with Gasteiger partial charge in [-0.25, -0.2) is 0 Å². The molecule has 0 atom stereocenters. The largest absolute Gasteiger partial charge is 0.368 e. The van der Waals surface area contributed by atoms with Crippen molar-refractivity contribution in [1.29, 1.82) is 0 Å². The van der Waals surface area contributed by atoms with E-state index in [1.54, 1.807) is 0 Å². The quantitative estimate of drug-likeness (QED) is 0.396. The summed E-state index contributed by atoms with van der Waals surface area (Å²) < 4.78 is 5.08. The minimum Gasteiger partial charge on any atom is -0.368 e. The van der Waals surface area contributed by atoms with E-state index in [1.165, 1.54) is 0 Å². The molecule has 0 unspecified atom stereocenters. The first-order valence-corrected chi connectivity index (χ1v) is 4.15. The minimum absolute atomic E-state index is 0.0705. The monoisotopic (exact) mass is 190 g/mol. The first-order valence-electron chi connectivity index (χ1n) is 4.15. The minimum atomic E-state index is -0.358. The molecule has 72 valence electrons. The fraction of sp³-hybridized carbons (Fsp3) is 0.200. The number of Topliss-reactive ketones (excluding diaryl/α,β-unsaturated/α-hetero) is 1. The molecule has 0 fully saturated rings. The molecular weight excluding hydrogens is 180 g/mol. The molecule has 0 bridgehead atoms. The molecule has 0 saturated heterocycles. The van der Waals surface area contributed by atoms with Crippen molar-refractivity contribution in [2.24, 2.45) is 0 Å². The molecule has 0 radical (unpaired) electrons. The van der Waals surface area contributed by atoms with Crippen molar-refractivity contribution in [3.8, 4) is 0 Å². The fourth-order valence-corrected chi connectivity index (χ4v) is 0.945. The van der Waals surface area contributed by atoms with Gasteiger partial charge in [-0.1, -0.05) is 30.3 Å². The number of rotatable bonds is 5. The summed E-state index contributed by atoms with van der Waals surface area (Å²) in [4.78, 5) is 13.4. The summed E-state index contributed by atoms with van der Waals surface area (Å²) >= 11 is 0. The molecule has 4 heteroatoms. The van der Waals surface area contributed by atoms with Gasteiger partial charge in [0.1, 0.15) is 6.61 Å². The molecule has 1 aromatic rings.